The minimum atomic E-state index is -0.409. The van der Waals surface area contributed by atoms with Gasteiger partial charge < -0.3 is 10.5 Å². The molecule has 0 radical (unpaired) electrons. The number of carbonyl (C=O) groups is 1. The largest absolute Gasteiger partial charge is 0.460 e. The lowest BCUT2D eigenvalue weighted by molar-refractivity contribution is -0.162. The number of ether oxygens (including phenoxy) is 1. The number of esters is 1. The molecule has 0 unspecified atom stereocenters. The maximum absolute atomic E-state index is 12.3. The first kappa shape index (κ1) is 18.0. The Morgan fingerprint density at radius 3 is 2.62 bits per heavy atom. The molecule has 3 aliphatic rings. The van der Waals surface area contributed by atoms with E-state index in [1.54, 1.807) is 5.57 Å². The van der Waals surface area contributed by atoms with Crippen molar-refractivity contribution in [2.24, 2.45) is 28.9 Å². The zero-order valence-corrected chi connectivity index (χ0v) is 15.8. The number of hydrogen-bond acceptors (Lipinski definition) is 3. The second-order valence-corrected chi connectivity index (χ2v) is 9.56. The van der Waals surface area contributed by atoms with Gasteiger partial charge in [-0.15, -0.1) is 0 Å². The molecule has 0 aliphatic heterocycles. The van der Waals surface area contributed by atoms with Crippen LogP contribution in [-0.2, 0) is 9.53 Å². The molecule has 0 heterocycles. The standard InChI is InChI=1S/C21H35NO2/c1-20(2,3)24-19(23)13-21(14-22)12-17-10-16(11-18(17)21)9-15-7-5-4-6-8-15/h11,15,17-18H,4-10,12-14,22H2,1-3H3/t17-,18-,21-/m0/s1. The summed E-state index contributed by atoms with van der Waals surface area (Å²) in [4.78, 5) is 12.3. The third kappa shape index (κ3) is 3.87. The zero-order chi connectivity index (χ0) is 17.4. The second-order valence-electron chi connectivity index (χ2n) is 9.56. The van der Waals surface area contributed by atoms with Crippen LogP contribution in [0, 0.1) is 23.2 Å². The summed E-state index contributed by atoms with van der Waals surface area (Å²) in [5.41, 5.74) is 7.33. The van der Waals surface area contributed by atoms with Crippen LogP contribution in [0.3, 0.4) is 0 Å². The molecule has 136 valence electrons. The van der Waals surface area contributed by atoms with Gasteiger partial charge in [0.2, 0.25) is 0 Å². The summed E-state index contributed by atoms with van der Waals surface area (Å²) >= 11 is 0. The van der Waals surface area contributed by atoms with E-state index >= 15 is 0 Å². The van der Waals surface area contributed by atoms with Gasteiger partial charge in [-0.3, -0.25) is 4.79 Å². The molecule has 3 atom stereocenters. The number of rotatable bonds is 5. The topological polar surface area (TPSA) is 52.3 Å². The highest BCUT2D eigenvalue weighted by Gasteiger charge is 2.55. The molecule has 0 aromatic carbocycles. The van der Waals surface area contributed by atoms with Crippen LogP contribution in [0.25, 0.3) is 0 Å². The Balaban J connectivity index is 1.60. The van der Waals surface area contributed by atoms with Gasteiger partial charge in [-0.2, -0.15) is 0 Å². The second kappa shape index (κ2) is 6.82. The molecule has 3 heteroatoms. The minimum Gasteiger partial charge on any atom is -0.460 e. The maximum atomic E-state index is 12.3. The third-order valence-corrected chi connectivity index (χ3v) is 6.42. The predicted octanol–water partition coefficient (Wildman–Crippen LogP) is 4.60. The normalized spacial score (nSPS) is 33.6. The predicted molar refractivity (Wildman–Crippen MR) is 97.4 cm³/mol. The lowest BCUT2D eigenvalue weighted by atomic mass is 9.53. The fourth-order valence-corrected chi connectivity index (χ4v) is 5.36. The summed E-state index contributed by atoms with van der Waals surface area (Å²) in [5.74, 6) is 2.06. The van der Waals surface area contributed by atoms with E-state index in [2.05, 4.69) is 6.08 Å². The molecule has 2 fully saturated rings. The van der Waals surface area contributed by atoms with Gasteiger partial charge in [-0.25, -0.2) is 0 Å². The van der Waals surface area contributed by atoms with Crippen molar-refractivity contribution in [3.05, 3.63) is 11.6 Å². The molecule has 0 aromatic rings. The highest BCUT2D eigenvalue weighted by atomic mass is 16.6. The van der Waals surface area contributed by atoms with E-state index < -0.39 is 5.60 Å². The number of hydrogen-bond donors (Lipinski definition) is 1. The molecule has 24 heavy (non-hydrogen) atoms. The highest BCUT2D eigenvalue weighted by molar-refractivity contribution is 5.71. The van der Waals surface area contributed by atoms with Crippen molar-refractivity contribution in [1.82, 2.24) is 0 Å². The molecule has 3 rings (SSSR count). The average molecular weight is 334 g/mol. The Morgan fingerprint density at radius 1 is 1.29 bits per heavy atom. The van der Waals surface area contributed by atoms with Crippen LogP contribution in [-0.4, -0.2) is 18.1 Å². The van der Waals surface area contributed by atoms with Gasteiger partial charge in [-0.1, -0.05) is 43.8 Å². The molecule has 3 nitrogen and oxygen atoms in total. The summed E-state index contributed by atoms with van der Waals surface area (Å²) < 4.78 is 5.55. The van der Waals surface area contributed by atoms with Gasteiger partial charge >= 0.3 is 5.97 Å². The van der Waals surface area contributed by atoms with Gasteiger partial charge in [0.05, 0.1) is 6.42 Å². The lowest BCUT2D eigenvalue weighted by Crippen LogP contribution is -2.51. The SMILES string of the molecule is CC(C)(C)OC(=O)C[C@]1(CN)C[C@@H]2CC(CC3CCCCC3)=C[C@@H]21. The van der Waals surface area contributed by atoms with Gasteiger partial charge in [0.1, 0.15) is 5.60 Å². The molecule has 0 spiro atoms. The van der Waals surface area contributed by atoms with Crippen molar-refractivity contribution < 1.29 is 9.53 Å². The average Bonchev–Trinajstić information content (AvgIpc) is 2.82. The van der Waals surface area contributed by atoms with E-state index in [4.69, 9.17) is 10.5 Å². The number of carbonyl (C=O) groups excluding carboxylic acids is 1. The van der Waals surface area contributed by atoms with E-state index in [1.807, 2.05) is 20.8 Å². The maximum Gasteiger partial charge on any atom is 0.306 e. The number of allylic oxidation sites excluding steroid dienone is 2. The quantitative estimate of drug-likeness (QED) is 0.591. The summed E-state index contributed by atoms with van der Waals surface area (Å²) in [6.45, 7) is 6.39. The molecule has 0 amide bonds. The van der Waals surface area contributed by atoms with Crippen LogP contribution in [0.4, 0.5) is 0 Å². The van der Waals surface area contributed by atoms with Crippen molar-refractivity contribution >= 4 is 5.97 Å². The van der Waals surface area contributed by atoms with Crippen LogP contribution in [0.15, 0.2) is 11.6 Å². The number of fused-ring (bicyclic) bond motifs is 1. The zero-order valence-electron chi connectivity index (χ0n) is 15.8. The van der Waals surface area contributed by atoms with Crippen molar-refractivity contribution in [3.8, 4) is 0 Å². The fraction of sp³-hybridized carbons (Fsp3) is 0.857. The Bertz CT molecular complexity index is 498. The van der Waals surface area contributed by atoms with Gasteiger partial charge in [-0.05, 0) is 69.7 Å². The Labute approximate surface area is 147 Å². The van der Waals surface area contributed by atoms with Crippen LogP contribution >= 0.6 is 0 Å². The van der Waals surface area contributed by atoms with Crippen LogP contribution in [0.2, 0.25) is 0 Å². The van der Waals surface area contributed by atoms with E-state index in [0.717, 1.165) is 18.3 Å². The molecule has 2 saturated carbocycles. The number of nitrogens with two attached hydrogens (primary N) is 1. The van der Waals surface area contributed by atoms with Crippen LogP contribution in [0.1, 0.15) is 78.6 Å². The van der Waals surface area contributed by atoms with E-state index in [0.29, 0.717) is 18.9 Å². The van der Waals surface area contributed by atoms with E-state index in [1.165, 1.54) is 44.9 Å². The third-order valence-electron chi connectivity index (χ3n) is 6.42. The highest BCUT2D eigenvalue weighted by Crippen LogP contribution is 2.60. The first-order valence-corrected chi connectivity index (χ1v) is 9.93. The van der Waals surface area contributed by atoms with Crippen LogP contribution in [0.5, 0.6) is 0 Å². The molecule has 3 aliphatic carbocycles. The summed E-state index contributed by atoms with van der Waals surface area (Å²) in [5, 5.41) is 0. The summed E-state index contributed by atoms with van der Waals surface area (Å²) in [7, 11) is 0. The molecule has 0 saturated heterocycles. The van der Waals surface area contributed by atoms with Gasteiger partial charge in [0.25, 0.3) is 0 Å². The molecular weight excluding hydrogens is 298 g/mol. The molecular formula is C21H35NO2. The minimum absolute atomic E-state index is 0.0404. The lowest BCUT2D eigenvalue weighted by Gasteiger charge is -2.51. The van der Waals surface area contributed by atoms with Crippen molar-refractivity contribution in [3.63, 3.8) is 0 Å². The van der Waals surface area contributed by atoms with Crippen molar-refractivity contribution in [2.45, 2.75) is 84.2 Å². The van der Waals surface area contributed by atoms with Crippen molar-refractivity contribution in [2.75, 3.05) is 6.54 Å². The first-order chi connectivity index (χ1) is 11.3. The molecule has 0 bridgehead atoms. The first-order valence-electron chi connectivity index (χ1n) is 9.93. The summed E-state index contributed by atoms with van der Waals surface area (Å²) in [6.07, 6.45) is 13.7. The fourth-order valence-electron chi connectivity index (χ4n) is 5.36. The van der Waals surface area contributed by atoms with E-state index in [9.17, 15) is 4.79 Å². The smallest absolute Gasteiger partial charge is 0.306 e. The van der Waals surface area contributed by atoms with Crippen molar-refractivity contribution in [1.29, 1.82) is 0 Å². The monoisotopic (exact) mass is 333 g/mol. The van der Waals surface area contributed by atoms with Crippen LogP contribution < -0.4 is 5.73 Å². The Morgan fingerprint density at radius 2 is 2.00 bits per heavy atom. The molecule has 2 N–H and O–H groups in total. The van der Waals surface area contributed by atoms with E-state index in [-0.39, 0.29) is 11.4 Å². The Kier molecular flexibility index (Phi) is 5.11. The van der Waals surface area contributed by atoms with Gasteiger partial charge in [0.15, 0.2) is 0 Å². The summed E-state index contributed by atoms with van der Waals surface area (Å²) in [6, 6.07) is 0. The molecule has 0 aromatic heterocycles. The van der Waals surface area contributed by atoms with Gasteiger partial charge in [0, 0.05) is 0 Å². The Hall–Kier alpha value is -0.830.